The molecule has 1 aliphatic carbocycles. The molecule has 5 rings (SSSR count). The maximum Gasteiger partial charge on any atom is 0.209 e. The average Bonchev–Trinajstić information content (AvgIpc) is 3.14. The van der Waals surface area contributed by atoms with Gasteiger partial charge in [0.2, 0.25) is 9.79 Å². The molecule has 1 aliphatic heterocycles. The molecule has 0 spiro atoms. The van der Waals surface area contributed by atoms with Gasteiger partial charge in [0.05, 0.1) is 5.60 Å². The van der Waals surface area contributed by atoms with Crippen molar-refractivity contribution in [3.8, 4) is 11.5 Å². The third kappa shape index (κ3) is 2.54. The number of ether oxygens (including phenoxy) is 1. The van der Waals surface area contributed by atoms with Gasteiger partial charge in [-0.25, -0.2) is 0 Å². The molecule has 0 unspecified atom stereocenters. The molecule has 130 valence electrons. The number of fused-ring (bicyclic) bond motifs is 2. The van der Waals surface area contributed by atoms with Crippen LogP contribution >= 0.6 is 0 Å². The van der Waals surface area contributed by atoms with Crippen LogP contribution in [0.3, 0.4) is 0 Å². The number of para-hydroxylation sites is 2. The van der Waals surface area contributed by atoms with Gasteiger partial charge in [0, 0.05) is 0 Å². The van der Waals surface area contributed by atoms with E-state index in [0.717, 1.165) is 42.7 Å². The molecule has 0 atom stereocenters. The first-order valence-electron chi connectivity index (χ1n) is 9.18. The minimum Gasteiger partial charge on any atom is -0.447 e. The second-order valence-corrected chi connectivity index (χ2v) is 9.03. The molecule has 3 heteroatoms. The molecule has 1 saturated carbocycles. The lowest BCUT2D eigenvalue weighted by Gasteiger charge is -2.23. The number of aliphatic hydroxyl groups is 1. The number of hydrogen-bond donors (Lipinski definition) is 1. The van der Waals surface area contributed by atoms with Crippen LogP contribution in [0.25, 0.3) is 0 Å². The number of benzene rings is 3. The van der Waals surface area contributed by atoms with Gasteiger partial charge in [-0.15, -0.1) is 0 Å². The normalized spacial score (nSPS) is 18.0. The van der Waals surface area contributed by atoms with E-state index < -0.39 is 5.60 Å². The Hall–Kier alpha value is -2.23. The smallest absolute Gasteiger partial charge is 0.209 e. The Morgan fingerprint density at radius 1 is 0.731 bits per heavy atom. The summed E-state index contributed by atoms with van der Waals surface area (Å²) in [5.74, 6) is 1.88. The molecule has 0 radical (unpaired) electrons. The molecule has 0 amide bonds. The van der Waals surface area contributed by atoms with Crippen molar-refractivity contribution in [3.05, 3.63) is 78.4 Å². The van der Waals surface area contributed by atoms with Crippen LogP contribution in [0, 0.1) is 0 Å². The third-order valence-electron chi connectivity index (χ3n) is 5.42. The second-order valence-electron chi connectivity index (χ2n) is 7.06. The zero-order valence-corrected chi connectivity index (χ0v) is 15.3. The van der Waals surface area contributed by atoms with E-state index in [-0.39, 0.29) is 10.9 Å². The number of rotatable bonds is 2. The van der Waals surface area contributed by atoms with Crippen molar-refractivity contribution in [2.75, 3.05) is 0 Å². The Labute approximate surface area is 156 Å². The Morgan fingerprint density at radius 3 is 1.85 bits per heavy atom. The van der Waals surface area contributed by atoms with Crippen molar-refractivity contribution in [1.82, 2.24) is 0 Å². The van der Waals surface area contributed by atoms with E-state index in [1.54, 1.807) is 0 Å². The number of hydrogen-bond acceptors (Lipinski definition) is 2. The van der Waals surface area contributed by atoms with Crippen molar-refractivity contribution in [2.45, 2.75) is 46.0 Å². The molecule has 1 heterocycles. The van der Waals surface area contributed by atoms with Crippen molar-refractivity contribution in [1.29, 1.82) is 0 Å². The molecule has 1 N–H and O–H groups in total. The summed E-state index contributed by atoms with van der Waals surface area (Å²) in [6.45, 7) is 0. The van der Waals surface area contributed by atoms with Gasteiger partial charge in [0.1, 0.15) is 10.9 Å². The van der Waals surface area contributed by atoms with E-state index in [4.69, 9.17) is 4.74 Å². The van der Waals surface area contributed by atoms with E-state index in [1.165, 1.54) is 14.7 Å². The Morgan fingerprint density at radius 2 is 1.27 bits per heavy atom. The lowest BCUT2D eigenvalue weighted by Crippen LogP contribution is -2.21. The van der Waals surface area contributed by atoms with Gasteiger partial charge in [-0.3, -0.25) is 0 Å². The van der Waals surface area contributed by atoms with Gasteiger partial charge in [-0.2, -0.15) is 0 Å². The summed E-state index contributed by atoms with van der Waals surface area (Å²) in [6.07, 6.45) is 3.97. The fourth-order valence-electron chi connectivity index (χ4n) is 4.05. The summed E-state index contributed by atoms with van der Waals surface area (Å²) >= 11 is 0. The minimum absolute atomic E-state index is 0.188. The molecule has 2 aliphatic rings. The summed E-state index contributed by atoms with van der Waals surface area (Å²) in [4.78, 5) is 3.70. The first-order chi connectivity index (χ1) is 12.7. The fourth-order valence-corrected chi connectivity index (χ4v) is 6.25. The highest BCUT2D eigenvalue weighted by atomic mass is 32.2. The Balaban J connectivity index is 1.60. The van der Waals surface area contributed by atoms with Crippen LogP contribution in [0.1, 0.15) is 31.2 Å². The summed E-state index contributed by atoms with van der Waals surface area (Å²) in [5, 5.41) is 10.9. The molecule has 1 fully saturated rings. The molecule has 0 aromatic heterocycles. The van der Waals surface area contributed by atoms with Gasteiger partial charge in [0.15, 0.2) is 16.4 Å². The maximum absolute atomic E-state index is 10.9. The van der Waals surface area contributed by atoms with Gasteiger partial charge in [-0.05, 0) is 54.8 Å². The highest BCUT2D eigenvalue weighted by Crippen LogP contribution is 2.47. The van der Waals surface area contributed by atoms with E-state index in [0.29, 0.717) is 0 Å². The van der Waals surface area contributed by atoms with E-state index >= 15 is 0 Å². The van der Waals surface area contributed by atoms with Gasteiger partial charge in [-0.1, -0.05) is 49.2 Å². The molecule has 3 aromatic rings. The van der Waals surface area contributed by atoms with E-state index in [2.05, 4.69) is 48.5 Å². The van der Waals surface area contributed by atoms with Gasteiger partial charge < -0.3 is 9.84 Å². The van der Waals surface area contributed by atoms with Crippen LogP contribution < -0.4 is 4.74 Å². The van der Waals surface area contributed by atoms with E-state index in [1.807, 2.05) is 24.3 Å². The molecular weight excluding hydrogens is 340 g/mol. The van der Waals surface area contributed by atoms with Gasteiger partial charge in [0.25, 0.3) is 0 Å². The lowest BCUT2D eigenvalue weighted by atomic mass is 9.92. The summed E-state index contributed by atoms with van der Waals surface area (Å²) in [7, 11) is -0.188. The van der Waals surface area contributed by atoms with Crippen LogP contribution in [-0.4, -0.2) is 5.11 Å². The summed E-state index contributed by atoms with van der Waals surface area (Å²) < 4.78 is 6.12. The topological polar surface area (TPSA) is 29.5 Å². The standard InChI is InChI=1S/C23H21O2S/c24-23(15-5-6-16-23)17-11-13-18(14-12-17)26-21-9-3-1-7-19(21)25-20-8-2-4-10-22(20)26/h1-4,7-14,24H,5-6,15-16H2/q+1. The zero-order valence-electron chi connectivity index (χ0n) is 14.5. The highest BCUT2D eigenvalue weighted by molar-refractivity contribution is 7.97. The average molecular weight is 361 g/mol. The Kier molecular flexibility index (Phi) is 3.80. The highest BCUT2D eigenvalue weighted by Gasteiger charge is 2.39. The molecular formula is C23H21O2S+. The second kappa shape index (κ2) is 6.19. The molecule has 0 saturated heterocycles. The molecule has 3 aromatic carbocycles. The summed E-state index contributed by atoms with van der Waals surface area (Å²) in [6, 6.07) is 25.2. The van der Waals surface area contributed by atoms with Crippen LogP contribution in [0.5, 0.6) is 11.5 Å². The largest absolute Gasteiger partial charge is 0.447 e. The van der Waals surface area contributed by atoms with Gasteiger partial charge >= 0.3 is 0 Å². The van der Waals surface area contributed by atoms with Crippen LogP contribution in [-0.2, 0) is 16.5 Å². The van der Waals surface area contributed by atoms with Crippen molar-refractivity contribution in [3.63, 3.8) is 0 Å². The summed E-state index contributed by atoms with van der Waals surface area (Å²) in [5.41, 5.74) is 0.421. The third-order valence-corrected chi connectivity index (χ3v) is 7.71. The molecule has 26 heavy (non-hydrogen) atoms. The van der Waals surface area contributed by atoms with Crippen LogP contribution in [0.15, 0.2) is 87.5 Å². The van der Waals surface area contributed by atoms with Crippen molar-refractivity contribution >= 4 is 10.9 Å². The van der Waals surface area contributed by atoms with Crippen LogP contribution in [0.2, 0.25) is 0 Å². The predicted molar refractivity (Wildman–Crippen MR) is 104 cm³/mol. The monoisotopic (exact) mass is 361 g/mol. The Bertz CT molecular complexity index is 897. The maximum atomic E-state index is 10.9. The lowest BCUT2D eigenvalue weighted by molar-refractivity contribution is 0.0444. The first kappa shape index (κ1) is 16.0. The minimum atomic E-state index is -0.632. The van der Waals surface area contributed by atoms with E-state index in [9.17, 15) is 5.11 Å². The fraction of sp³-hybridized carbons (Fsp3) is 0.217. The zero-order chi connectivity index (χ0) is 17.6. The van der Waals surface area contributed by atoms with Crippen molar-refractivity contribution in [2.24, 2.45) is 0 Å². The first-order valence-corrected chi connectivity index (χ1v) is 10.4. The predicted octanol–water partition coefficient (Wildman–Crippen LogP) is 5.65. The molecule has 2 nitrogen and oxygen atoms in total. The van der Waals surface area contributed by atoms with Crippen LogP contribution in [0.4, 0.5) is 0 Å². The SMILES string of the molecule is OC1(c2ccc([S+]3c4ccccc4Oc4ccccc43)cc2)CCCC1. The quantitative estimate of drug-likeness (QED) is 0.468. The molecule has 0 bridgehead atoms. The van der Waals surface area contributed by atoms with Crippen molar-refractivity contribution < 1.29 is 9.84 Å².